The van der Waals surface area contributed by atoms with E-state index in [1.54, 1.807) is 23.7 Å². The summed E-state index contributed by atoms with van der Waals surface area (Å²) in [6, 6.07) is 7.59. The molecule has 0 unspecified atom stereocenters. The van der Waals surface area contributed by atoms with Crippen molar-refractivity contribution < 1.29 is 18.0 Å². The topological polar surface area (TPSA) is 50.5 Å². The minimum absolute atomic E-state index is 0.146. The highest BCUT2D eigenvalue weighted by molar-refractivity contribution is 5.41. The fourth-order valence-corrected chi connectivity index (χ4v) is 0.820. The molecule has 0 bridgehead atoms. The molecular formula is C7H8F3N3O. The summed E-state index contributed by atoms with van der Waals surface area (Å²) in [5.41, 5.74) is 1.91. The summed E-state index contributed by atoms with van der Waals surface area (Å²) in [6.45, 7) is 0. The Balaban J connectivity index is 2.73. The molecule has 0 fully saturated rings. The molecule has 3 N–H and O–H groups in total. The van der Waals surface area contributed by atoms with Crippen LogP contribution in [0.2, 0.25) is 0 Å². The number of hydrogen-bond donors (Lipinski definition) is 2. The van der Waals surface area contributed by atoms with Gasteiger partial charge in [0.1, 0.15) is 0 Å². The summed E-state index contributed by atoms with van der Waals surface area (Å²) in [7, 11) is 0. The van der Waals surface area contributed by atoms with E-state index in [-0.39, 0.29) is 5.69 Å². The number of alkyl halides is 3. The van der Waals surface area contributed by atoms with Crippen LogP contribution in [0.4, 0.5) is 18.9 Å². The third-order valence-corrected chi connectivity index (χ3v) is 1.30. The largest absolute Gasteiger partial charge is 0.545 e. The van der Waals surface area contributed by atoms with Gasteiger partial charge in [-0.2, -0.15) is 10.0 Å². The number of hydrogen-bond acceptors (Lipinski definition) is 4. The lowest BCUT2D eigenvalue weighted by Crippen LogP contribution is -2.46. The number of para-hydroxylation sites is 1. The maximum Gasteiger partial charge on any atom is 0.545 e. The summed E-state index contributed by atoms with van der Waals surface area (Å²) >= 11 is 0. The lowest BCUT2D eigenvalue weighted by molar-refractivity contribution is -0.334. The van der Waals surface area contributed by atoms with Crippen LogP contribution >= 0.6 is 0 Å². The van der Waals surface area contributed by atoms with Crippen molar-refractivity contribution >= 4 is 5.69 Å². The first-order valence-corrected chi connectivity index (χ1v) is 3.60. The molecule has 0 aliphatic carbocycles. The van der Waals surface area contributed by atoms with Crippen molar-refractivity contribution in [3.05, 3.63) is 30.3 Å². The molecule has 14 heavy (non-hydrogen) atoms. The maximum atomic E-state index is 11.8. The number of anilines is 1. The molecule has 0 radical (unpaired) electrons. The first-order chi connectivity index (χ1) is 6.53. The van der Waals surface area contributed by atoms with Gasteiger partial charge < -0.3 is 0 Å². The van der Waals surface area contributed by atoms with Gasteiger partial charge in [0.25, 0.3) is 0 Å². The Morgan fingerprint density at radius 2 is 1.79 bits per heavy atom. The Labute approximate surface area is 78.0 Å². The van der Waals surface area contributed by atoms with Crippen LogP contribution in [0.15, 0.2) is 30.3 Å². The molecule has 1 rings (SSSR count). The van der Waals surface area contributed by atoms with E-state index in [1.807, 2.05) is 0 Å². The number of nitrogens with two attached hydrogens (primary N) is 1. The number of nitrogens with one attached hydrogen (secondary N) is 1. The molecule has 4 nitrogen and oxygen atoms in total. The Morgan fingerprint density at radius 1 is 1.21 bits per heavy atom. The zero-order chi connectivity index (χ0) is 10.6. The zero-order valence-electron chi connectivity index (χ0n) is 6.95. The fraction of sp³-hybridized carbons (Fsp3) is 0.143. The van der Waals surface area contributed by atoms with Crippen LogP contribution in [0.25, 0.3) is 0 Å². The zero-order valence-corrected chi connectivity index (χ0v) is 6.95. The summed E-state index contributed by atoms with van der Waals surface area (Å²) < 4.78 is 35.5. The monoisotopic (exact) mass is 207 g/mol. The van der Waals surface area contributed by atoms with Crippen LogP contribution < -0.4 is 16.5 Å². The smallest absolute Gasteiger partial charge is 0.251 e. The Bertz CT molecular complexity index is 277. The average Bonchev–Trinajstić information content (AvgIpc) is 2.14. The Morgan fingerprint density at radius 3 is 2.21 bits per heavy atom. The van der Waals surface area contributed by atoms with Crippen molar-refractivity contribution in [3.8, 4) is 0 Å². The Hall–Kier alpha value is -1.31. The van der Waals surface area contributed by atoms with E-state index in [0.717, 1.165) is 0 Å². The van der Waals surface area contributed by atoms with Gasteiger partial charge in [0, 0.05) is 0 Å². The van der Waals surface area contributed by atoms with Crippen LogP contribution in [0.3, 0.4) is 0 Å². The molecule has 0 saturated heterocycles. The first kappa shape index (κ1) is 10.8. The molecule has 7 heteroatoms. The molecule has 78 valence electrons. The van der Waals surface area contributed by atoms with Crippen LogP contribution in [0.5, 0.6) is 0 Å². The highest BCUT2D eigenvalue weighted by Gasteiger charge is 2.33. The van der Waals surface area contributed by atoms with Gasteiger partial charge in [-0.05, 0) is 12.1 Å². The minimum atomic E-state index is -4.79. The van der Waals surface area contributed by atoms with E-state index in [4.69, 9.17) is 5.84 Å². The predicted octanol–water partition coefficient (Wildman–Crippen LogP) is 1.32. The van der Waals surface area contributed by atoms with Crippen molar-refractivity contribution in [2.24, 2.45) is 5.84 Å². The van der Waals surface area contributed by atoms with Crippen molar-refractivity contribution in [2.45, 2.75) is 6.36 Å². The van der Waals surface area contributed by atoms with Gasteiger partial charge in [0.2, 0.25) is 0 Å². The summed E-state index contributed by atoms with van der Waals surface area (Å²) in [5.74, 6) is 4.86. The van der Waals surface area contributed by atoms with Crippen LogP contribution in [0.1, 0.15) is 0 Å². The molecule has 0 saturated carbocycles. The van der Waals surface area contributed by atoms with E-state index in [2.05, 4.69) is 4.84 Å². The molecule has 0 atom stereocenters. The standard InChI is InChI=1S/C7H8F3N3O/c8-7(9,10)14-13(12-11)6-4-2-1-3-5-6/h1-5,12H,11H2. The van der Waals surface area contributed by atoms with Gasteiger partial charge >= 0.3 is 6.36 Å². The second-order valence-electron chi connectivity index (χ2n) is 2.30. The lowest BCUT2D eigenvalue weighted by Gasteiger charge is -2.22. The van der Waals surface area contributed by atoms with Crippen molar-refractivity contribution in [2.75, 3.05) is 5.17 Å². The maximum absolute atomic E-state index is 11.8. The molecule has 0 aromatic heterocycles. The van der Waals surface area contributed by atoms with E-state index >= 15 is 0 Å². The number of nitrogens with zero attached hydrogens (tertiary/aromatic N) is 1. The van der Waals surface area contributed by atoms with Gasteiger partial charge in [-0.3, -0.25) is 5.84 Å². The average molecular weight is 207 g/mol. The molecular weight excluding hydrogens is 199 g/mol. The van der Waals surface area contributed by atoms with Gasteiger partial charge in [-0.1, -0.05) is 18.2 Å². The van der Waals surface area contributed by atoms with E-state index in [9.17, 15) is 13.2 Å². The number of halogens is 3. The molecule has 1 aromatic carbocycles. The molecule has 0 aliphatic heterocycles. The van der Waals surface area contributed by atoms with Gasteiger partial charge in [-0.15, -0.1) is 18.7 Å². The van der Waals surface area contributed by atoms with Crippen LogP contribution in [-0.2, 0) is 4.84 Å². The molecule has 0 amide bonds. The number of hydrazine groups is 2. The van der Waals surface area contributed by atoms with Crippen LogP contribution in [-0.4, -0.2) is 6.36 Å². The molecule has 0 heterocycles. The van der Waals surface area contributed by atoms with E-state index < -0.39 is 6.36 Å². The fourth-order valence-electron chi connectivity index (χ4n) is 0.820. The first-order valence-electron chi connectivity index (χ1n) is 3.60. The van der Waals surface area contributed by atoms with Gasteiger partial charge in [0.05, 0.1) is 5.69 Å². The third-order valence-electron chi connectivity index (χ3n) is 1.30. The second kappa shape index (κ2) is 4.27. The molecule has 0 aliphatic rings. The quantitative estimate of drug-likeness (QED) is 0.579. The van der Waals surface area contributed by atoms with Crippen molar-refractivity contribution in [1.29, 1.82) is 0 Å². The summed E-state index contributed by atoms with van der Waals surface area (Å²) in [6.07, 6.45) is -4.79. The predicted molar refractivity (Wildman–Crippen MR) is 43.4 cm³/mol. The van der Waals surface area contributed by atoms with Gasteiger partial charge in [-0.25, -0.2) is 0 Å². The normalized spacial score (nSPS) is 11.4. The summed E-state index contributed by atoms with van der Waals surface area (Å²) in [5, 5.41) is 0.319. The number of benzene rings is 1. The molecule has 0 spiro atoms. The van der Waals surface area contributed by atoms with Gasteiger partial charge in [0.15, 0.2) is 0 Å². The van der Waals surface area contributed by atoms with Crippen molar-refractivity contribution in [3.63, 3.8) is 0 Å². The summed E-state index contributed by atoms with van der Waals surface area (Å²) in [4.78, 5) is 3.57. The lowest BCUT2D eigenvalue weighted by atomic mass is 10.3. The SMILES string of the molecule is NNN(OC(F)(F)F)c1ccccc1. The number of rotatable bonds is 3. The van der Waals surface area contributed by atoms with E-state index in [0.29, 0.717) is 5.17 Å². The highest BCUT2D eigenvalue weighted by Crippen LogP contribution is 2.21. The Kier molecular flexibility index (Phi) is 3.28. The van der Waals surface area contributed by atoms with Crippen LogP contribution in [0, 0.1) is 0 Å². The van der Waals surface area contributed by atoms with Crippen molar-refractivity contribution in [1.82, 2.24) is 5.53 Å². The molecule has 1 aromatic rings. The minimum Gasteiger partial charge on any atom is -0.251 e. The highest BCUT2D eigenvalue weighted by atomic mass is 19.4. The van der Waals surface area contributed by atoms with E-state index in [1.165, 1.54) is 12.1 Å². The second-order valence-corrected chi connectivity index (χ2v) is 2.30. The third kappa shape index (κ3) is 3.21.